The smallest absolute Gasteiger partial charge is 0.242 e. The Balaban J connectivity index is 1.82. The molecule has 0 fully saturated rings. The number of hydrogen-bond donors (Lipinski definition) is 3. The number of carbonyl (C=O) groups excluding carboxylic acids is 1. The number of rotatable bonds is 5. The number of nitrogen functional groups attached to an aromatic ring is 1. The first-order valence-electron chi connectivity index (χ1n) is 7.36. The van der Waals surface area contributed by atoms with Crippen molar-refractivity contribution in [2.45, 2.75) is 10.4 Å². The highest BCUT2D eigenvalue weighted by molar-refractivity contribution is 8.00. The fourth-order valence-corrected chi connectivity index (χ4v) is 3.07. The van der Waals surface area contributed by atoms with Gasteiger partial charge in [-0.05, 0) is 29.8 Å². The fourth-order valence-electron chi connectivity index (χ4n) is 2.15. The normalized spacial score (nSPS) is 11.5. The zero-order valence-corrected chi connectivity index (χ0v) is 13.8. The standard InChI is InChI=1S/C17H14N6OS/c18-10-11-6-8-13(9-7-11)20-15(24)14(12-4-2-1-3-5-12)25-17-21-16(19)22-23-17/h1-9,14H,(H,20,24)(H3,19,21,22,23). The first-order valence-corrected chi connectivity index (χ1v) is 8.24. The van der Waals surface area contributed by atoms with Gasteiger partial charge in [-0.3, -0.25) is 4.79 Å². The van der Waals surface area contributed by atoms with Crippen LogP contribution in [0.1, 0.15) is 16.4 Å². The number of carbonyl (C=O) groups is 1. The van der Waals surface area contributed by atoms with Gasteiger partial charge in [-0.15, -0.1) is 5.10 Å². The lowest BCUT2D eigenvalue weighted by atomic mass is 10.1. The summed E-state index contributed by atoms with van der Waals surface area (Å²) in [6, 6.07) is 18.1. The van der Waals surface area contributed by atoms with Crippen molar-refractivity contribution in [2.24, 2.45) is 0 Å². The number of aromatic nitrogens is 3. The summed E-state index contributed by atoms with van der Waals surface area (Å²) < 4.78 is 0. The number of nitrogens with one attached hydrogen (secondary N) is 2. The van der Waals surface area contributed by atoms with E-state index in [4.69, 9.17) is 11.0 Å². The second kappa shape index (κ2) is 7.51. The van der Waals surface area contributed by atoms with E-state index in [2.05, 4.69) is 20.5 Å². The minimum Gasteiger partial charge on any atom is -0.368 e. The van der Waals surface area contributed by atoms with Gasteiger partial charge in [0.1, 0.15) is 5.25 Å². The molecule has 25 heavy (non-hydrogen) atoms. The predicted octanol–water partition coefficient (Wildman–Crippen LogP) is 2.73. The van der Waals surface area contributed by atoms with Crippen molar-refractivity contribution in [3.05, 3.63) is 65.7 Å². The second-order valence-electron chi connectivity index (χ2n) is 5.09. The summed E-state index contributed by atoms with van der Waals surface area (Å²) in [5, 5.41) is 18.1. The third kappa shape index (κ3) is 4.16. The molecule has 0 aliphatic heterocycles. The van der Waals surface area contributed by atoms with Crippen LogP contribution in [0.5, 0.6) is 0 Å². The lowest BCUT2D eigenvalue weighted by Gasteiger charge is -2.15. The van der Waals surface area contributed by atoms with Crippen molar-refractivity contribution < 1.29 is 4.79 Å². The minimum absolute atomic E-state index is 0.196. The lowest BCUT2D eigenvalue weighted by Crippen LogP contribution is -2.19. The van der Waals surface area contributed by atoms with Crippen molar-refractivity contribution in [1.29, 1.82) is 5.26 Å². The van der Waals surface area contributed by atoms with Crippen molar-refractivity contribution in [3.63, 3.8) is 0 Å². The number of nitriles is 1. The van der Waals surface area contributed by atoms with Crippen molar-refractivity contribution in [2.75, 3.05) is 11.1 Å². The van der Waals surface area contributed by atoms with E-state index in [1.165, 1.54) is 11.8 Å². The Bertz CT molecular complexity index is 901. The Hall–Kier alpha value is -3.31. The summed E-state index contributed by atoms with van der Waals surface area (Å²) in [5.74, 6) is -0.0221. The summed E-state index contributed by atoms with van der Waals surface area (Å²) in [6.45, 7) is 0. The minimum atomic E-state index is -0.549. The number of hydrogen-bond acceptors (Lipinski definition) is 6. The van der Waals surface area contributed by atoms with Crippen LogP contribution in [-0.2, 0) is 4.79 Å². The summed E-state index contributed by atoms with van der Waals surface area (Å²) in [4.78, 5) is 16.8. The number of benzene rings is 2. The fraction of sp³-hybridized carbons (Fsp3) is 0.0588. The zero-order valence-electron chi connectivity index (χ0n) is 13.0. The Labute approximate surface area is 148 Å². The van der Waals surface area contributed by atoms with Crippen LogP contribution in [0, 0.1) is 11.3 Å². The Morgan fingerprint density at radius 2 is 1.92 bits per heavy atom. The molecule has 7 nitrogen and oxygen atoms in total. The van der Waals surface area contributed by atoms with Gasteiger partial charge in [0.25, 0.3) is 0 Å². The van der Waals surface area contributed by atoms with Gasteiger partial charge in [0.05, 0.1) is 11.6 Å². The van der Waals surface area contributed by atoms with Crippen LogP contribution >= 0.6 is 11.8 Å². The summed E-state index contributed by atoms with van der Waals surface area (Å²) in [5.41, 5.74) is 7.51. The molecule has 124 valence electrons. The molecule has 0 radical (unpaired) electrons. The van der Waals surface area contributed by atoms with Gasteiger partial charge in [-0.25, -0.2) is 5.10 Å². The molecule has 0 saturated carbocycles. The Kier molecular flexibility index (Phi) is 4.97. The van der Waals surface area contributed by atoms with Crippen LogP contribution in [-0.4, -0.2) is 21.1 Å². The number of anilines is 2. The lowest BCUT2D eigenvalue weighted by molar-refractivity contribution is -0.115. The Morgan fingerprint density at radius 1 is 1.20 bits per heavy atom. The predicted molar refractivity (Wildman–Crippen MR) is 95.6 cm³/mol. The van der Waals surface area contributed by atoms with E-state index < -0.39 is 5.25 Å². The summed E-state index contributed by atoms with van der Waals surface area (Å²) in [6.07, 6.45) is 0. The number of thioether (sulfide) groups is 1. The van der Waals surface area contributed by atoms with Crippen LogP contribution in [0.4, 0.5) is 11.6 Å². The van der Waals surface area contributed by atoms with Crippen molar-refractivity contribution >= 4 is 29.3 Å². The third-order valence-electron chi connectivity index (χ3n) is 3.33. The average Bonchev–Trinajstić information content (AvgIpc) is 3.06. The largest absolute Gasteiger partial charge is 0.368 e. The van der Waals surface area contributed by atoms with Gasteiger partial charge in [0, 0.05) is 5.69 Å². The monoisotopic (exact) mass is 350 g/mol. The number of aromatic amines is 1. The van der Waals surface area contributed by atoms with Gasteiger partial charge in [-0.1, -0.05) is 42.1 Å². The van der Waals surface area contributed by atoms with E-state index >= 15 is 0 Å². The molecular formula is C17H14N6OS. The molecule has 1 amide bonds. The molecule has 1 unspecified atom stereocenters. The van der Waals surface area contributed by atoms with E-state index in [1.54, 1.807) is 24.3 Å². The highest BCUT2D eigenvalue weighted by Gasteiger charge is 2.24. The molecule has 0 aliphatic carbocycles. The van der Waals surface area contributed by atoms with Crippen LogP contribution in [0.3, 0.4) is 0 Å². The molecule has 4 N–H and O–H groups in total. The van der Waals surface area contributed by atoms with Gasteiger partial charge in [-0.2, -0.15) is 10.2 Å². The van der Waals surface area contributed by atoms with Crippen LogP contribution < -0.4 is 11.1 Å². The molecule has 0 bridgehead atoms. The quantitative estimate of drug-likeness (QED) is 0.608. The van der Waals surface area contributed by atoms with E-state index in [0.717, 1.165) is 5.56 Å². The SMILES string of the molecule is N#Cc1ccc(NC(=O)C(Sc2n[nH]c(N)n2)c2ccccc2)cc1. The van der Waals surface area contributed by atoms with Crippen LogP contribution in [0.2, 0.25) is 0 Å². The highest BCUT2D eigenvalue weighted by atomic mass is 32.2. The van der Waals surface area contributed by atoms with E-state index in [9.17, 15) is 4.79 Å². The molecule has 1 atom stereocenters. The summed E-state index contributed by atoms with van der Waals surface area (Å²) in [7, 11) is 0. The highest BCUT2D eigenvalue weighted by Crippen LogP contribution is 2.34. The zero-order chi connectivity index (χ0) is 17.6. The van der Waals surface area contributed by atoms with E-state index in [-0.39, 0.29) is 11.9 Å². The van der Waals surface area contributed by atoms with Crippen molar-refractivity contribution in [3.8, 4) is 6.07 Å². The average molecular weight is 350 g/mol. The number of nitrogens with two attached hydrogens (primary N) is 1. The number of nitrogens with zero attached hydrogens (tertiary/aromatic N) is 3. The molecular weight excluding hydrogens is 336 g/mol. The maximum atomic E-state index is 12.8. The number of H-pyrrole nitrogens is 1. The van der Waals surface area contributed by atoms with Gasteiger partial charge < -0.3 is 11.1 Å². The topological polar surface area (TPSA) is 120 Å². The van der Waals surface area contributed by atoms with Gasteiger partial charge in [0.2, 0.25) is 17.0 Å². The molecule has 0 saturated heterocycles. The molecule has 8 heteroatoms. The second-order valence-corrected chi connectivity index (χ2v) is 6.16. The molecule has 2 aromatic carbocycles. The number of amides is 1. The van der Waals surface area contributed by atoms with Crippen LogP contribution in [0.15, 0.2) is 59.8 Å². The molecule has 1 aromatic heterocycles. The molecule has 3 aromatic rings. The Morgan fingerprint density at radius 3 is 2.52 bits per heavy atom. The molecule has 3 rings (SSSR count). The molecule has 1 heterocycles. The van der Waals surface area contributed by atoms with E-state index in [0.29, 0.717) is 16.4 Å². The van der Waals surface area contributed by atoms with Gasteiger partial charge >= 0.3 is 0 Å². The third-order valence-corrected chi connectivity index (χ3v) is 4.44. The maximum absolute atomic E-state index is 12.8. The first kappa shape index (κ1) is 16.5. The summed E-state index contributed by atoms with van der Waals surface area (Å²) >= 11 is 1.20. The van der Waals surface area contributed by atoms with Crippen molar-refractivity contribution in [1.82, 2.24) is 15.2 Å². The van der Waals surface area contributed by atoms with E-state index in [1.807, 2.05) is 36.4 Å². The first-order chi connectivity index (χ1) is 12.2. The molecule has 0 spiro atoms. The van der Waals surface area contributed by atoms with Gasteiger partial charge in [0.15, 0.2) is 0 Å². The maximum Gasteiger partial charge on any atom is 0.242 e. The molecule has 0 aliphatic rings. The van der Waals surface area contributed by atoms with Crippen LogP contribution in [0.25, 0.3) is 0 Å².